The fourth-order valence-corrected chi connectivity index (χ4v) is 6.43. The summed E-state index contributed by atoms with van der Waals surface area (Å²) in [6.07, 6.45) is -7.86. The van der Waals surface area contributed by atoms with E-state index in [1.54, 1.807) is 19.1 Å². The third kappa shape index (κ3) is 5.26. The normalized spacial score (nSPS) is 12.0. The number of fused-ring (bicyclic) bond motifs is 2. The number of amides is 2. The van der Waals surface area contributed by atoms with Gasteiger partial charge in [-0.1, -0.05) is 0 Å². The number of aromatic nitrogens is 4. The molecule has 0 spiro atoms. The Labute approximate surface area is 250 Å². The number of rotatable bonds is 6. The minimum Gasteiger partial charge on any atom is -0.365 e. The van der Waals surface area contributed by atoms with Crippen LogP contribution in [0.15, 0.2) is 54.6 Å². The van der Waals surface area contributed by atoms with Crippen LogP contribution in [0.4, 0.5) is 32.0 Å². The first-order valence-electron chi connectivity index (χ1n) is 12.5. The first-order valence-corrected chi connectivity index (χ1v) is 14.1. The van der Waals surface area contributed by atoms with Crippen molar-refractivity contribution in [2.24, 2.45) is 5.73 Å². The van der Waals surface area contributed by atoms with E-state index in [2.05, 4.69) is 20.4 Å². The van der Waals surface area contributed by atoms with Crippen LogP contribution in [0.1, 0.15) is 42.9 Å². The number of primary amides is 1. The van der Waals surface area contributed by atoms with Gasteiger partial charge in [0.1, 0.15) is 21.2 Å². The van der Waals surface area contributed by atoms with Gasteiger partial charge in [-0.15, -0.1) is 22.7 Å². The molecule has 6 aromatic rings. The second-order valence-corrected chi connectivity index (χ2v) is 11.7. The molecule has 16 heteroatoms. The molecular weight excluding hydrogens is 630 g/mol. The molecular formula is C28H16F6N6O2S2. The molecule has 2 amide bonds. The molecule has 5 aromatic heterocycles. The second kappa shape index (κ2) is 10.7. The van der Waals surface area contributed by atoms with Gasteiger partial charge in [0.15, 0.2) is 17.0 Å². The predicted octanol–water partition coefficient (Wildman–Crippen LogP) is 7.49. The zero-order valence-corrected chi connectivity index (χ0v) is 23.7. The summed E-state index contributed by atoms with van der Waals surface area (Å²) >= 11 is 1.96. The van der Waals surface area contributed by atoms with Gasteiger partial charge in [0, 0.05) is 32.3 Å². The molecule has 0 atom stereocenters. The number of hydrogen-bond donors (Lipinski definition) is 2. The minimum absolute atomic E-state index is 0.00656. The van der Waals surface area contributed by atoms with Crippen molar-refractivity contribution >= 4 is 56.0 Å². The SMILES string of the molecule is Cc1ccc(-c2cc(C(F)F)nc3sc(C(N)=O)c(NC(=O)c4cc5nc(-c6ccc(F)cc6)cc(C(F)(F)F)n5n4)c23)s1. The fourth-order valence-electron chi connectivity index (χ4n) is 4.53. The lowest BCUT2D eigenvalue weighted by Crippen LogP contribution is -2.18. The Balaban J connectivity index is 1.49. The molecule has 0 aliphatic carbocycles. The zero-order chi connectivity index (χ0) is 31.5. The maximum atomic E-state index is 14.0. The van der Waals surface area contributed by atoms with Crippen LogP contribution in [0.5, 0.6) is 0 Å². The first-order chi connectivity index (χ1) is 20.8. The number of pyridine rings is 1. The molecule has 3 N–H and O–H groups in total. The highest BCUT2D eigenvalue weighted by atomic mass is 32.1. The Morgan fingerprint density at radius 1 is 1.00 bits per heavy atom. The quantitative estimate of drug-likeness (QED) is 0.182. The second-order valence-electron chi connectivity index (χ2n) is 9.44. The van der Waals surface area contributed by atoms with Crippen molar-refractivity contribution in [3.63, 3.8) is 0 Å². The molecule has 0 unspecified atom stereocenters. The monoisotopic (exact) mass is 646 g/mol. The number of nitrogens with one attached hydrogen (secondary N) is 1. The lowest BCUT2D eigenvalue weighted by molar-refractivity contribution is -0.142. The van der Waals surface area contributed by atoms with Gasteiger partial charge in [0.05, 0.1) is 11.4 Å². The standard InChI is InChI=1S/C28H16F6N6O2S2/c1-11-2-7-18(43-11)14-8-16(24(30)31)37-27-21(14)22(23(44-27)25(35)41)38-26(42)17-10-20-36-15(12-3-5-13(29)6-4-12)9-19(28(32,33)34)40(20)39-17/h2-10,24H,1H3,(H2,35,41)(H,38,42). The fraction of sp³-hybridized carbons (Fsp3) is 0.107. The van der Waals surface area contributed by atoms with Crippen molar-refractivity contribution in [3.05, 3.63) is 87.3 Å². The summed E-state index contributed by atoms with van der Waals surface area (Å²) in [6.45, 7) is 1.81. The van der Waals surface area contributed by atoms with Crippen molar-refractivity contribution in [2.75, 3.05) is 5.32 Å². The van der Waals surface area contributed by atoms with Crippen LogP contribution in [0.2, 0.25) is 0 Å². The third-order valence-corrected chi connectivity index (χ3v) is 8.60. The number of aryl methyl sites for hydroxylation is 1. The molecule has 6 rings (SSSR count). The highest BCUT2D eigenvalue weighted by Gasteiger charge is 2.36. The maximum Gasteiger partial charge on any atom is 0.433 e. The Morgan fingerprint density at radius 3 is 2.34 bits per heavy atom. The highest BCUT2D eigenvalue weighted by Crippen LogP contribution is 2.44. The van der Waals surface area contributed by atoms with Crippen molar-refractivity contribution in [1.29, 1.82) is 0 Å². The first kappa shape index (κ1) is 29.3. The smallest absolute Gasteiger partial charge is 0.365 e. The Morgan fingerprint density at radius 2 is 1.73 bits per heavy atom. The van der Waals surface area contributed by atoms with Gasteiger partial charge < -0.3 is 11.1 Å². The van der Waals surface area contributed by atoms with Gasteiger partial charge in [0.2, 0.25) is 0 Å². The third-order valence-electron chi connectivity index (χ3n) is 6.46. The minimum atomic E-state index is -4.92. The molecule has 44 heavy (non-hydrogen) atoms. The topological polar surface area (TPSA) is 115 Å². The van der Waals surface area contributed by atoms with Crippen LogP contribution < -0.4 is 11.1 Å². The van der Waals surface area contributed by atoms with Gasteiger partial charge in [-0.05, 0) is 55.5 Å². The number of halogens is 6. The summed E-state index contributed by atoms with van der Waals surface area (Å²) in [7, 11) is 0. The molecule has 0 aliphatic heterocycles. The van der Waals surface area contributed by atoms with Crippen LogP contribution in [0.25, 0.3) is 37.6 Å². The number of anilines is 1. The summed E-state index contributed by atoms with van der Waals surface area (Å²) in [5, 5.41) is 6.46. The van der Waals surface area contributed by atoms with E-state index in [1.165, 1.54) is 23.5 Å². The van der Waals surface area contributed by atoms with Crippen LogP contribution in [0, 0.1) is 12.7 Å². The van der Waals surface area contributed by atoms with Crippen molar-refractivity contribution in [3.8, 4) is 21.7 Å². The lowest BCUT2D eigenvalue weighted by atomic mass is 10.1. The summed E-state index contributed by atoms with van der Waals surface area (Å²) in [4.78, 5) is 35.2. The van der Waals surface area contributed by atoms with Crippen molar-refractivity contribution < 1.29 is 35.9 Å². The summed E-state index contributed by atoms with van der Waals surface area (Å²) in [6, 6.07) is 11.0. The van der Waals surface area contributed by atoms with Gasteiger partial charge >= 0.3 is 6.18 Å². The molecule has 0 fully saturated rings. The molecule has 0 saturated heterocycles. The summed E-state index contributed by atoms with van der Waals surface area (Å²) < 4.78 is 83.5. The number of benzene rings is 1. The molecule has 5 heterocycles. The number of alkyl halides is 5. The van der Waals surface area contributed by atoms with Gasteiger partial charge in [0.25, 0.3) is 18.2 Å². The number of nitrogens with two attached hydrogens (primary N) is 1. The van der Waals surface area contributed by atoms with Gasteiger partial charge in [-0.3, -0.25) is 9.59 Å². The Hall–Kier alpha value is -4.83. The maximum absolute atomic E-state index is 14.0. The molecule has 0 bridgehead atoms. The molecule has 0 radical (unpaired) electrons. The van der Waals surface area contributed by atoms with E-state index in [0.717, 1.165) is 29.1 Å². The van der Waals surface area contributed by atoms with Crippen molar-refractivity contribution in [1.82, 2.24) is 19.6 Å². The van der Waals surface area contributed by atoms with Gasteiger partial charge in [-0.2, -0.15) is 18.3 Å². The van der Waals surface area contributed by atoms with E-state index >= 15 is 0 Å². The van der Waals surface area contributed by atoms with E-state index in [1.807, 2.05) is 0 Å². The van der Waals surface area contributed by atoms with Crippen molar-refractivity contribution in [2.45, 2.75) is 19.5 Å². The number of hydrogen-bond acceptors (Lipinski definition) is 7. The molecule has 224 valence electrons. The number of nitrogens with zero attached hydrogens (tertiary/aromatic N) is 4. The van der Waals surface area contributed by atoms with E-state index in [4.69, 9.17) is 5.73 Å². The van der Waals surface area contributed by atoms with E-state index in [9.17, 15) is 35.9 Å². The lowest BCUT2D eigenvalue weighted by Gasteiger charge is -2.11. The number of carbonyl (C=O) groups excluding carboxylic acids is 2. The highest BCUT2D eigenvalue weighted by molar-refractivity contribution is 7.21. The molecule has 8 nitrogen and oxygen atoms in total. The summed E-state index contributed by atoms with van der Waals surface area (Å²) in [5.41, 5.74) is 3.06. The zero-order valence-electron chi connectivity index (χ0n) is 22.0. The van der Waals surface area contributed by atoms with E-state index in [-0.39, 0.29) is 43.2 Å². The molecule has 1 aromatic carbocycles. The van der Waals surface area contributed by atoms with Crippen LogP contribution >= 0.6 is 22.7 Å². The largest absolute Gasteiger partial charge is 0.433 e. The van der Waals surface area contributed by atoms with E-state index in [0.29, 0.717) is 26.8 Å². The average molecular weight is 647 g/mol. The number of carbonyl (C=O) groups is 2. The van der Waals surface area contributed by atoms with Crippen LogP contribution in [0.3, 0.4) is 0 Å². The predicted molar refractivity (Wildman–Crippen MR) is 152 cm³/mol. The van der Waals surface area contributed by atoms with Crippen LogP contribution in [-0.2, 0) is 6.18 Å². The Kier molecular flexibility index (Phi) is 7.12. The van der Waals surface area contributed by atoms with Gasteiger partial charge in [-0.25, -0.2) is 27.7 Å². The average Bonchev–Trinajstić information content (AvgIpc) is 3.68. The Bertz CT molecular complexity index is 2100. The molecule has 0 aliphatic rings. The summed E-state index contributed by atoms with van der Waals surface area (Å²) in [5.74, 6) is -2.61. The van der Waals surface area contributed by atoms with E-state index < -0.39 is 47.3 Å². The molecule has 0 saturated carbocycles. The number of thiophene rings is 2. The van der Waals surface area contributed by atoms with Crippen LogP contribution in [-0.4, -0.2) is 31.4 Å².